The highest BCUT2D eigenvalue weighted by Crippen LogP contribution is 2.20. The molecule has 0 spiro atoms. The van der Waals surface area contributed by atoms with Gasteiger partial charge in [-0.1, -0.05) is 6.07 Å². The molecule has 1 aliphatic rings. The third-order valence-electron chi connectivity index (χ3n) is 4.97. The largest absolute Gasteiger partial charge is 0.492 e. The maximum atomic E-state index is 12.6. The van der Waals surface area contributed by atoms with Crippen LogP contribution < -0.4 is 14.8 Å². The second kappa shape index (κ2) is 10.6. The van der Waals surface area contributed by atoms with Gasteiger partial charge in [0.1, 0.15) is 18.1 Å². The SMILES string of the molecule is Cc1ccc(OCC(=O)NCCOc2ccc(S(=O)(=O)N3CCOCC3)cc2)cc1C. The van der Waals surface area contributed by atoms with Gasteiger partial charge in [-0.3, -0.25) is 4.79 Å². The minimum Gasteiger partial charge on any atom is -0.492 e. The first-order valence-corrected chi connectivity index (χ1v) is 11.6. The van der Waals surface area contributed by atoms with Crippen LogP contribution in [0.2, 0.25) is 0 Å². The molecule has 0 radical (unpaired) electrons. The van der Waals surface area contributed by atoms with Crippen LogP contribution in [0.3, 0.4) is 0 Å². The fourth-order valence-electron chi connectivity index (χ4n) is 3.01. The molecule has 2 aromatic rings. The number of ether oxygens (including phenoxy) is 3. The Morgan fingerprint density at radius 2 is 1.68 bits per heavy atom. The zero-order valence-corrected chi connectivity index (χ0v) is 18.6. The van der Waals surface area contributed by atoms with E-state index in [-0.39, 0.29) is 24.0 Å². The van der Waals surface area contributed by atoms with Gasteiger partial charge in [0.2, 0.25) is 10.0 Å². The average Bonchev–Trinajstić information content (AvgIpc) is 2.78. The molecule has 0 bridgehead atoms. The third-order valence-corrected chi connectivity index (χ3v) is 6.89. The fourth-order valence-corrected chi connectivity index (χ4v) is 4.41. The van der Waals surface area contributed by atoms with Gasteiger partial charge in [-0.15, -0.1) is 0 Å². The molecule has 1 heterocycles. The highest BCUT2D eigenvalue weighted by Gasteiger charge is 2.26. The van der Waals surface area contributed by atoms with Gasteiger partial charge in [0.15, 0.2) is 6.61 Å². The lowest BCUT2D eigenvalue weighted by Gasteiger charge is -2.26. The molecule has 1 fully saturated rings. The molecule has 9 heteroatoms. The zero-order valence-electron chi connectivity index (χ0n) is 17.8. The van der Waals surface area contributed by atoms with Gasteiger partial charge in [-0.05, 0) is 61.4 Å². The fraction of sp³-hybridized carbons (Fsp3) is 0.409. The van der Waals surface area contributed by atoms with Crippen molar-refractivity contribution in [3.8, 4) is 11.5 Å². The standard InChI is InChI=1S/C22H28N2O6S/c1-17-3-4-20(15-18(17)2)30-16-22(25)23-9-12-29-19-5-7-21(8-6-19)31(26,27)24-10-13-28-14-11-24/h3-8,15H,9-14,16H2,1-2H3,(H,23,25). The van der Waals surface area contributed by atoms with Crippen molar-refractivity contribution in [3.63, 3.8) is 0 Å². The number of carbonyl (C=O) groups excluding carboxylic acids is 1. The molecule has 1 aliphatic heterocycles. The highest BCUT2D eigenvalue weighted by molar-refractivity contribution is 7.89. The van der Waals surface area contributed by atoms with Crippen LogP contribution in [0.15, 0.2) is 47.4 Å². The van der Waals surface area contributed by atoms with E-state index in [1.165, 1.54) is 22.0 Å². The number of hydrogen-bond donors (Lipinski definition) is 1. The lowest BCUT2D eigenvalue weighted by molar-refractivity contribution is -0.123. The van der Waals surface area contributed by atoms with Crippen LogP contribution in [0.25, 0.3) is 0 Å². The van der Waals surface area contributed by atoms with Crippen LogP contribution in [0.1, 0.15) is 11.1 Å². The molecule has 168 valence electrons. The average molecular weight is 449 g/mol. The molecule has 31 heavy (non-hydrogen) atoms. The van der Waals surface area contributed by atoms with E-state index in [0.29, 0.717) is 44.3 Å². The Morgan fingerprint density at radius 1 is 1.00 bits per heavy atom. The van der Waals surface area contributed by atoms with E-state index in [2.05, 4.69) is 5.32 Å². The molecular formula is C22H28N2O6S. The molecule has 1 saturated heterocycles. The third kappa shape index (κ3) is 6.43. The lowest BCUT2D eigenvalue weighted by atomic mass is 10.1. The van der Waals surface area contributed by atoms with Gasteiger partial charge in [0.05, 0.1) is 24.7 Å². The number of rotatable bonds is 9. The van der Waals surface area contributed by atoms with Crippen LogP contribution in [0, 0.1) is 13.8 Å². The van der Waals surface area contributed by atoms with Crippen molar-refractivity contribution < 1.29 is 27.4 Å². The number of morpholine rings is 1. The predicted molar refractivity (Wildman–Crippen MR) is 116 cm³/mol. The van der Waals surface area contributed by atoms with E-state index in [1.54, 1.807) is 12.1 Å². The van der Waals surface area contributed by atoms with E-state index in [4.69, 9.17) is 14.2 Å². The first-order chi connectivity index (χ1) is 14.9. The van der Waals surface area contributed by atoms with Gasteiger partial charge in [-0.25, -0.2) is 8.42 Å². The van der Waals surface area contributed by atoms with E-state index in [1.807, 2.05) is 32.0 Å². The molecule has 0 saturated carbocycles. The minimum atomic E-state index is -3.52. The Bertz CT molecular complexity index is 986. The predicted octanol–water partition coefficient (Wildman–Crippen LogP) is 1.90. The van der Waals surface area contributed by atoms with Crippen molar-refractivity contribution in [2.75, 3.05) is 46.1 Å². The van der Waals surface area contributed by atoms with Gasteiger partial charge in [-0.2, -0.15) is 4.31 Å². The Balaban J connectivity index is 1.39. The number of nitrogens with one attached hydrogen (secondary N) is 1. The van der Waals surface area contributed by atoms with Gasteiger partial charge in [0.25, 0.3) is 5.91 Å². The normalized spacial score (nSPS) is 14.8. The highest BCUT2D eigenvalue weighted by atomic mass is 32.2. The molecular weight excluding hydrogens is 420 g/mol. The maximum Gasteiger partial charge on any atom is 0.258 e. The summed E-state index contributed by atoms with van der Waals surface area (Å²) in [5.74, 6) is 0.942. The van der Waals surface area contributed by atoms with Crippen LogP contribution >= 0.6 is 0 Å². The first kappa shape index (κ1) is 23.1. The topological polar surface area (TPSA) is 94.2 Å². The monoisotopic (exact) mass is 448 g/mol. The summed E-state index contributed by atoms with van der Waals surface area (Å²) in [5.41, 5.74) is 2.27. The van der Waals surface area contributed by atoms with Crippen LogP contribution in [-0.2, 0) is 19.6 Å². The molecule has 8 nitrogen and oxygen atoms in total. The zero-order chi connectivity index (χ0) is 22.3. The lowest BCUT2D eigenvalue weighted by Crippen LogP contribution is -2.40. The van der Waals surface area contributed by atoms with Crippen molar-refractivity contribution >= 4 is 15.9 Å². The summed E-state index contributed by atoms with van der Waals surface area (Å²) in [4.78, 5) is 12.1. The molecule has 0 aromatic heterocycles. The molecule has 1 amide bonds. The molecule has 0 aliphatic carbocycles. The van der Waals surface area contributed by atoms with Crippen molar-refractivity contribution in [2.24, 2.45) is 0 Å². The summed E-state index contributed by atoms with van der Waals surface area (Å²) < 4.78 is 42.9. The maximum absolute atomic E-state index is 12.6. The Labute approximate surface area is 183 Å². The van der Waals surface area contributed by atoms with Gasteiger partial charge in [0, 0.05) is 13.1 Å². The summed E-state index contributed by atoms with van der Waals surface area (Å²) in [6.07, 6.45) is 0. The summed E-state index contributed by atoms with van der Waals surface area (Å²) in [6.45, 7) is 6.02. The first-order valence-electron chi connectivity index (χ1n) is 10.1. The molecule has 0 atom stereocenters. The van der Waals surface area contributed by atoms with Gasteiger partial charge >= 0.3 is 0 Å². The minimum absolute atomic E-state index is 0.0728. The van der Waals surface area contributed by atoms with E-state index < -0.39 is 10.0 Å². The number of benzene rings is 2. The van der Waals surface area contributed by atoms with Crippen molar-refractivity contribution in [1.29, 1.82) is 0 Å². The molecule has 0 unspecified atom stereocenters. The number of aryl methyl sites for hydroxylation is 2. The van der Waals surface area contributed by atoms with Crippen LogP contribution in [-0.4, -0.2) is 64.7 Å². The van der Waals surface area contributed by atoms with Crippen LogP contribution in [0.5, 0.6) is 11.5 Å². The van der Waals surface area contributed by atoms with E-state index in [9.17, 15) is 13.2 Å². The summed E-state index contributed by atoms with van der Waals surface area (Å²) in [7, 11) is -3.52. The summed E-state index contributed by atoms with van der Waals surface area (Å²) in [6, 6.07) is 12.0. The Kier molecular flexibility index (Phi) is 7.89. The number of carbonyl (C=O) groups is 1. The number of sulfonamides is 1. The molecule has 3 rings (SSSR count). The van der Waals surface area contributed by atoms with Crippen molar-refractivity contribution in [2.45, 2.75) is 18.7 Å². The second-order valence-corrected chi connectivity index (χ2v) is 9.16. The smallest absolute Gasteiger partial charge is 0.258 e. The number of amides is 1. The molecule has 2 aromatic carbocycles. The second-order valence-electron chi connectivity index (χ2n) is 7.22. The van der Waals surface area contributed by atoms with Crippen molar-refractivity contribution in [1.82, 2.24) is 9.62 Å². The quantitative estimate of drug-likeness (QED) is 0.589. The Morgan fingerprint density at radius 3 is 2.35 bits per heavy atom. The summed E-state index contributed by atoms with van der Waals surface area (Å²) in [5, 5.41) is 2.72. The van der Waals surface area contributed by atoms with E-state index >= 15 is 0 Å². The van der Waals surface area contributed by atoms with Gasteiger partial charge < -0.3 is 19.5 Å². The molecule has 1 N–H and O–H groups in total. The van der Waals surface area contributed by atoms with Crippen LogP contribution in [0.4, 0.5) is 0 Å². The number of hydrogen-bond acceptors (Lipinski definition) is 6. The Hall–Kier alpha value is -2.62. The van der Waals surface area contributed by atoms with Crippen molar-refractivity contribution in [3.05, 3.63) is 53.6 Å². The number of nitrogens with zero attached hydrogens (tertiary/aromatic N) is 1. The van der Waals surface area contributed by atoms with E-state index in [0.717, 1.165) is 5.56 Å². The summed E-state index contributed by atoms with van der Waals surface area (Å²) >= 11 is 0.